The van der Waals surface area contributed by atoms with Crippen molar-refractivity contribution < 1.29 is 4.79 Å². The first kappa shape index (κ1) is 14.3. The molecule has 0 aliphatic heterocycles. The molecule has 1 aromatic carbocycles. The van der Waals surface area contributed by atoms with Gasteiger partial charge in [-0.2, -0.15) is 5.10 Å². The van der Waals surface area contributed by atoms with Crippen molar-refractivity contribution in [1.82, 2.24) is 20.4 Å². The molecule has 20 heavy (non-hydrogen) atoms. The fourth-order valence-electron chi connectivity index (χ4n) is 1.86. The Hall–Kier alpha value is -2.14. The van der Waals surface area contributed by atoms with Gasteiger partial charge in [-0.05, 0) is 24.6 Å². The van der Waals surface area contributed by atoms with Crippen LogP contribution in [0.5, 0.6) is 0 Å². The summed E-state index contributed by atoms with van der Waals surface area (Å²) in [5, 5.41) is 10.1. The van der Waals surface area contributed by atoms with Gasteiger partial charge in [0.2, 0.25) is 5.91 Å². The number of hydrogen-bond acceptors (Lipinski definition) is 3. The van der Waals surface area contributed by atoms with E-state index in [4.69, 9.17) is 0 Å². The van der Waals surface area contributed by atoms with Gasteiger partial charge in [-0.25, -0.2) is 0 Å². The molecular weight excluding hydrogens is 252 g/mol. The van der Waals surface area contributed by atoms with E-state index in [2.05, 4.69) is 15.7 Å². The second-order valence-electron chi connectivity index (χ2n) is 4.56. The van der Waals surface area contributed by atoms with Crippen LogP contribution in [0.1, 0.15) is 12.0 Å². The molecule has 0 saturated heterocycles. The minimum atomic E-state index is 0.0212. The molecule has 0 aliphatic rings. The normalized spacial score (nSPS) is 10.4. The van der Waals surface area contributed by atoms with E-state index in [-0.39, 0.29) is 5.91 Å². The predicted molar refractivity (Wildman–Crippen MR) is 78.0 cm³/mol. The molecule has 2 rings (SSSR count). The van der Waals surface area contributed by atoms with Crippen LogP contribution in [0, 0.1) is 0 Å². The number of aryl methyl sites for hydroxylation is 1. The van der Waals surface area contributed by atoms with Gasteiger partial charge in [-0.3, -0.25) is 9.48 Å². The quantitative estimate of drug-likeness (QED) is 0.709. The average Bonchev–Trinajstić information content (AvgIpc) is 2.99. The van der Waals surface area contributed by atoms with Crippen molar-refractivity contribution in [1.29, 1.82) is 0 Å². The monoisotopic (exact) mass is 272 g/mol. The van der Waals surface area contributed by atoms with Crippen LogP contribution in [0.4, 0.5) is 0 Å². The Bertz CT molecular complexity index is 496. The second-order valence-corrected chi connectivity index (χ2v) is 4.56. The Morgan fingerprint density at radius 1 is 1.20 bits per heavy atom. The number of benzene rings is 1. The highest BCUT2D eigenvalue weighted by molar-refractivity contribution is 5.77. The molecule has 0 spiro atoms. The minimum absolute atomic E-state index is 0.0212. The number of nitrogens with one attached hydrogen (secondary N) is 2. The Morgan fingerprint density at radius 2 is 2.05 bits per heavy atom. The Labute approximate surface area is 119 Å². The third-order valence-electron chi connectivity index (χ3n) is 2.92. The number of aromatic nitrogens is 2. The lowest BCUT2D eigenvalue weighted by molar-refractivity contribution is -0.120. The van der Waals surface area contributed by atoms with Crippen molar-refractivity contribution in [3.63, 3.8) is 0 Å². The lowest BCUT2D eigenvalue weighted by Crippen LogP contribution is -2.34. The summed E-state index contributed by atoms with van der Waals surface area (Å²) < 4.78 is 1.89. The summed E-state index contributed by atoms with van der Waals surface area (Å²) in [5.74, 6) is 0.0212. The van der Waals surface area contributed by atoms with Gasteiger partial charge >= 0.3 is 0 Å². The molecule has 5 nitrogen and oxygen atoms in total. The average molecular weight is 272 g/mol. The largest absolute Gasteiger partial charge is 0.351 e. The van der Waals surface area contributed by atoms with Crippen LogP contribution in [0.15, 0.2) is 48.8 Å². The Balaban J connectivity index is 1.52. The highest BCUT2D eigenvalue weighted by Gasteiger charge is 2.00. The van der Waals surface area contributed by atoms with E-state index < -0.39 is 0 Å². The van der Waals surface area contributed by atoms with Gasteiger partial charge in [-0.15, -0.1) is 0 Å². The Kier molecular flexibility index (Phi) is 5.79. The smallest absolute Gasteiger partial charge is 0.234 e. The highest BCUT2D eigenvalue weighted by Crippen LogP contribution is 1.96. The SMILES string of the molecule is O=C(CNCCCn1cccn1)NCc1ccccc1. The maximum Gasteiger partial charge on any atom is 0.234 e. The zero-order chi connectivity index (χ0) is 14.0. The summed E-state index contributed by atoms with van der Waals surface area (Å²) in [5.41, 5.74) is 1.11. The molecular formula is C15H20N4O. The molecule has 0 atom stereocenters. The molecule has 2 N–H and O–H groups in total. The molecule has 0 fully saturated rings. The molecule has 0 aliphatic carbocycles. The van der Waals surface area contributed by atoms with E-state index >= 15 is 0 Å². The van der Waals surface area contributed by atoms with Crippen LogP contribution in [-0.2, 0) is 17.9 Å². The van der Waals surface area contributed by atoms with Crippen LogP contribution in [0.3, 0.4) is 0 Å². The predicted octanol–water partition coefficient (Wildman–Crippen LogP) is 1.18. The lowest BCUT2D eigenvalue weighted by Gasteiger charge is -2.07. The van der Waals surface area contributed by atoms with Gasteiger partial charge in [0.25, 0.3) is 0 Å². The third kappa shape index (κ3) is 5.24. The highest BCUT2D eigenvalue weighted by atomic mass is 16.1. The standard InChI is InChI=1S/C15H20N4O/c20-15(17-12-14-6-2-1-3-7-14)13-16-8-4-10-19-11-5-9-18-19/h1-3,5-7,9,11,16H,4,8,10,12-13H2,(H,17,20). The topological polar surface area (TPSA) is 59.0 Å². The summed E-state index contributed by atoms with van der Waals surface area (Å²) in [6, 6.07) is 11.8. The summed E-state index contributed by atoms with van der Waals surface area (Å²) in [7, 11) is 0. The van der Waals surface area contributed by atoms with Gasteiger partial charge in [-0.1, -0.05) is 30.3 Å². The molecule has 1 heterocycles. The molecule has 0 saturated carbocycles. The van der Waals surface area contributed by atoms with E-state index in [0.29, 0.717) is 13.1 Å². The van der Waals surface area contributed by atoms with E-state index in [0.717, 1.165) is 25.1 Å². The minimum Gasteiger partial charge on any atom is -0.351 e. The fourth-order valence-corrected chi connectivity index (χ4v) is 1.86. The first-order chi connectivity index (χ1) is 9.84. The van der Waals surface area contributed by atoms with Gasteiger partial charge in [0, 0.05) is 25.5 Å². The van der Waals surface area contributed by atoms with Crippen molar-refractivity contribution in [2.24, 2.45) is 0 Å². The third-order valence-corrected chi connectivity index (χ3v) is 2.92. The molecule has 1 amide bonds. The number of hydrogen-bond donors (Lipinski definition) is 2. The summed E-state index contributed by atoms with van der Waals surface area (Å²) in [6.45, 7) is 2.60. The van der Waals surface area contributed by atoms with Gasteiger partial charge in [0.15, 0.2) is 0 Å². The first-order valence-corrected chi connectivity index (χ1v) is 6.83. The Morgan fingerprint density at radius 3 is 2.80 bits per heavy atom. The van der Waals surface area contributed by atoms with Crippen LogP contribution in [-0.4, -0.2) is 28.8 Å². The van der Waals surface area contributed by atoms with Crippen LogP contribution >= 0.6 is 0 Å². The van der Waals surface area contributed by atoms with Crippen molar-refractivity contribution in [2.75, 3.05) is 13.1 Å². The number of nitrogens with zero attached hydrogens (tertiary/aromatic N) is 2. The number of rotatable bonds is 8. The molecule has 0 bridgehead atoms. The van der Waals surface area contributed by atoms with Crippen molar-refractivity contribution in [3.05, 3.63) is 54.4 Å². The molecule has 1 aromatic heterocycles. The van der Waals surface area contributed by atoms with E-state index in [1.54, 1.807) is 6.20 Å². The van der Waals surface area contributed by atoms with E-state index in [1.165, 1.54) is 0 Å². The molecule has 2 aromatic rings. The van der Waals surface area contributed by atoms with Crippen molar-refractivity contribution >= 4 is 5.91 Å². The maximum atomic E-state index is 11.6. The van der Waals surface area contributed by atoms with Crippen LogP contribution < -0.4 is 10.6 Å². The van der Waals surface area contributed by atoms with Crippen molar-refractivity contribution in [2.45, 2.75) is 19.5 Å². The number of carbonyl (C=O) groups excluding carboxylic acids is 1. The van der Waals surface area contributed by atoms with Crippen molar-refractivity contribution in [3.8, 4) is 0 Å². The molecule has 0 radical (unpaired) electrons. The number of amides is 1. The summed E-state index contributed by atoms with van der Waals surface area (Å²) >= 11 is 0. The lowest BCUT2D eigenvalue weighted by atomic mass is 10.2. The summed E-state index contributed by atoms with van der Waals surface area (Å²) in [4.78, 5) is 11.6. The zero-order valence-corrected chi connectivity index (χ0v) is 11.5. The van der Waals surface area contributed by atoms with Crippen LogP contribution in [0.25, 0.3) is 0 Å². The van der Waals surface area contributed by atoms with Gasteiger partial charge in [0.1, 0.15) is 0 Å². The van der Waals surface area contributed by atoms with E-state index in [9.17, 15) is 4.79 Å². The molecule has 106 valence electrons. The van der Waals surface area contributed by atoms with Gasteiger partial charge < -0.3 is 10.6 Å². The second kappa shape index (κ2) is 8.12. The zero-order valence-electron chi connectivity index (χ0n) is 11.5. The van der Waals surface area contributed by atoms with E-state index in [1.807, 2.05) is 47.3 Å². The molecule has 5 heteroatoms. The summed E-state index contributed by atoms with van der Waals surface area (Å²) in [6.07, 6.45) is 4.66. The fraction of sp³-hybridized carbons (Fsp3) is 0.333. The van der Waals surface area contributed by atoms with Crippen LogP contribution in [0.2, 0.25) is 0 Å². The first-order valence-electron chi connectivity index (χ1n) is 6.83. The van der Waals surface area contributed by atoms with Gasteiger partial charge in [0.05, 0.1) is 6.54 Å². The number of carbonyl (C=O) groups is 1. The maximum absolute atomic E-state index is 11.6. The molecule has 0 unspecified atom stereocenters.